The van der Waals surface area contributed by atoms with Crippen molar-refractivity contribution in [1.82, 2.24) is 15.3 Å². The van der Waals surface area contributed by atoms with E-state index >= 15 is 0 Å². The molecule has 0 bridgehead atoms. The summed E-state index contributed by atoms with van der Waals surface area (Å²) in [4.78, 5) is 11.2. The fourth-order valence-corrected chi connectivity index (χ4v) is 2.58. The van der Waals surface area contributed by atoms with Gasteiger partial charge in [0.2, 0.25) is 5.95 Å². The molecule has 114 valence electrons. The zero-order valence-corrected chi connectivity index (χ0v) is 14.3. The molecule has 0 fully saturated rings. The SMILES string of the molecule is Cc1nc(N(C)Cc2ccsc2)ncc1CNC(C)(C)C. The van der Waals surface area contributed by atoms with Gasteiger partial charge < -0.3 is 10.2 Å². The highest BCUT2D eigenvalue weighted by molar-refractivity contribution is 7.07. The van der Waals surface area contributed by atoms with Crippen molar-refractivity contribution in [3.63, 3.8) is 0 Å². The molecule has 0 amide bonds. The minimum atomic E-state index is 0.0981. The Morgan fingerprint density at radius 1 is 1.33 bits per heavy atom. The van der Waals surface area contributed by atoms with Crippen LogP contribution in [0.4, 0.5) is 5.95 Å². The minimum Gasteiger partial charge on any atom is -0.340 e. The summed E-state index contributed by atoms with van der Waals surface area (Å²) in [5.74, 6) is 0.776. The molecule has 0 aliphatic heterocycles. The molecule has 0 aliphatic rings. The topological polar surface area (TPSA) is 41.1 Å². The highest BCUT2D eigenvalue weighted by Crippen LogP contribution is 2.15. The number of hydrogen-bond donors (Lipinski definition) is 1. The molecule has 4 nitrogen and oxygen atoms in total. The lowest BCUT2D eigenvalue weighted by atomic mass is 10.1. The van der Waals surface area contributed by atoms with Gasteiger partial charge in [0.1, 0.15) is 0 Å². The molecule has 2 heterocycles. The molecule has 0 aromatic carbocycles. The van der Waals surface area contributed by atoms with Crippen LogP contribution in [0.3, 0.4) is 0 Å². The van der Waals surface area contributed by atoms with E-state index in [1.807, 2.05) is 20.2 Å². The largest absolute Gasteiger partial charge is 0.340 e. The van der Waals surface area contributed by atoms with Gasteiger partial charge in [0.05, 0.1) is 0 Å². The smallest absolute Gasteiger partial charge is 0.225 e. The van der Waals surface area contributed by atoms with Gasteiger partial charge in [-0.15, -0.1) is 0 Å². The molecule has 0 atom stereocenters. The van der Waals surface area contributed by atoms with Gasteiger partial charge in [0, 0.05) is 43.1 Å². The zero-order chi connectivity index (χ0) is 15.5. The molecule has 0 saturated heterocycles. The van der Waals surface area contributed by atoms with Crippen LogP contribution in [0.25, 0.3) is 0 Å². The summed E-state index contributed by atoms with van der Waals surface area (Å²) in [6, 6.07) is 2.13. The van der Waals surface area contributed by atoms with Crippen LogP contribution in [0.5, 0.6) is 0 Å². The predicted molar refractivity (Wildman–Crippen MR) is 89.8 cm³/mol. The Bertz CT molecular complexity index is 572. The molecular formula is C16H24N4S. The number of hydrogen-bond acceptors (Lipinski definition) is 5. The summed E-state index contributed by atoms with van der Waals surface area (Å²) in [6.07, 6.45) is 1.93. The molecule has 21 heavy (non-hydrogen) atoms. The van der Waals surface area contributed by atoms with Gasteiger partial charge in [-0.25, -0.2) is 9.97 Å². The van der Waals surface area contributed by atoms with E-state index in [-0.39, 0.29) is 5.54 Å². The van der Waals surface area contributed by atoms with Crippen molar-refractivity contribution in [2.75, 3.05) is 11.9 Å². The molecule has 0 unspecified atom stereocenters. The van der Waals surface area contributed by atoms with E-state index in [1.54, 1.807) is 11.3 Å². The standard InChI is InChI=1S/C16H24N4S/c1-12-14(9-18-16(2,3)4)8-17-15(19-12)20(5)10-13-6-7-21-11-13/h6-8,11,18H,9-10H2,1-5H3. The fourth-order valence-electron chi connectivity index (χ4n) is 1.92. The molecule has 0 aliphatic carbocycles. The van der Waals surface area contributed by atoms with Crippen LogP contribution < -0.4 is 10.2 Å². The van der Waals surface area contributed by atoms with E-state index < -0.39 is 0 Å². The Kier molecular flexibility index (Phi) is 4.96. The van der Waals surface area contributed by atoms with E-state index in [2.05, 4.69) is 57.8 Å². The van der Waals surface area contributed by atoms with Gasteiger partial charge in [-0.05, 0) is 50.1 Å². The lowest BCUT2D eigenvalue weighted by Gasteiger charge is -2.22. The van der Waals surface area contributed by atoms with E-state index in [0.717, 1.165) is 30.3 Å². The average molecular weight is 304 g/mol. The first-order valence-corrected chi connectivity index (χ1v) is 8.09. The van der Waals surface area contributed by atoms with Crippen molar-refractivity contribution in [2.24, 2.45) is 0 Å². The van der Waals surface area contributed by atoms with Crippen LogP contribution in [-0.2, 0) is 13.1 Å². The maximum Gasteiger partial charge on any atom is 0.225 e. The highest BCUT2D eigenvalue weighted by Gasteiger charge is 2.12. The van der Waals surface area contributed by atoms with Gasteiger partial charge in [-0.1, -0.05) is 0 Å². The third-order valence-electron chi connectivity index (χ3n) is 3.22. The summed E-state index contributed by atoms with van der Waals surface area (Å²) in [5.41, 5.74) is 3.58. The normalized spacial score (nSPS) is 11.7. The number of nitrogens with one attached hydrogen (secondary N) is 1. The fraction of sp³-hybridized carbons (Fsp3) is 0.500. The quantitative estimate of drug-likeness (QED) is 0.919. The van der Waals surface area contributed by atoms with E-state index in [4.69, 9.17) is 0 Å². The first kappa shape index (κ1) is 15.9. The lowest BCUT2D eigenvalue weighted by molar-refractivity contribution is 0.423. The highest BCUT2D eigenvalue weighted by atomic mass is 32.1. The Morgan fingerprint density at radius 2 is 2.10 bits per heavy atom. The maximum atomic E-state index is 4.63. The number of aryl methyl sites for hydroxylation is 1. The monoisotopic (exact) mass is 304 g/mol. The van der Waals surface area contributed by atoms with Crippen LogP contribution in [0.15, 0.2) is 23.0 Å². The van der Waals surface area contributed by atoms with Crippen molar-refractivity contribution in [3.05, 3.63) is 39.8 Å². The van der Waals surface area contributed by atoms with Crippen LogP contribution >= 0.6 is 11.3 Å². The van der Waals surface area contributed by atoms with E-state index in [1.165, 1.54) is 5.56 Å². The minimum absolute atomic E-state index is 0.0981. The number of thiophene rings is 1. The van der Waals surface area contributed by atoms with E-state index in [0.29, 0.717) is 0 Å². The van der Waals surface area contributed by atoms with Crippen LogP contribution in [0.1, 0.15) is 37.6 Å². The van der Waals surface area contributed by atoms with Gasteiger partial charge in [-0.2, -0.15) is 11.3 Å². The van der Waals surface area contributed by atoms with Crippen molar-refractivity contribution in [2.45, 2.75) is 46.3 Å². The van der Waals surface area contributed by atoms with Crippen LogP contribution in [0, 0.1) is 6.92 Å². The summed E-state index contributed by atoms with van der Waals surface area (Å²) in [7, 11) is 2.03. The second kappa shape index (κ2) is 6.54. The molecule has 0 spiro atoms. The summed E-state index contributed by atoms with van der Waals surface area (Å²) < 4.78 is 0. The van der Waals surface area contributed by atoms with Crippen LogP contribution in [-0.4, -0.2) is 22.6 Å². The molecule has 2 aromatic heterocycles. The second-order valence-electron chi connectivity index (χ2n) is 6.37. The van der Waals surface area contributed by atoms with Crippen molar-refractivity contribution in [3.8, 4) is 0 Å². The molecule has 5 heteroatoms. The number of aromatic nitrogens is 2. The molecule has 0 radical (unpaired) electrons. The summed E-state index contributed by atoms with van der Waals surface area (Å²) >= 11 is 1.72. The van der Waals surface area contributed by atoms with Crippen LogP contribution in [0.2, 0.25) is 0 Å². The maximum absolute atomic E-state index is 4.63. The first-order valence-electron chi connectivity index (χ1n) is 7.15. The number of nitrogens with zero attached hydrogens (tertiary/aromatic N) is 3. The van der Waals surface area contributed by atoms with Gasteiger partial charge in [0.15, 0.2) is 0 Å². The number of anilines is 1. The molecule has 0 saturated carbocycles. The third kappa shape index (κ3) is 4.79. The predicted octanol–water partition coefficient (Wildman–Crippen LogP) is 3.37. The summed E-state index contributed by atoms with van der Waals surface area (Å²) in [6.45, 7) is 10.2. The molecule has 2 aromatic rings. The van der Waals surface area contributed by atoms with E-state index in [9.17, 15) is 0 Å². The van der Waals surface area contributed by atoms with Gasteiger partial charge in [0.25, 0.3) is 0 Å². The molecule has 1 N–H and O–H groups in total. The van der Waals surface area contributed by atoms with Gasteiger partial charge >= 0.3 is 0 Å². The molecular weight excluding hydrogens is 280 g/mol. The average Bonchev–Trinajstić information content (AvgIpc) is 2.89. The Morgan fingerprint density at radius 3 is 2.67 bits per heavy atom. The van der Waals surface area contributed by atoms with Crippen molar-refractivity contribution < 1.29 is 0 Å². The summed E-state index contributed by atoms with van der Waals surface area (Å²) in [5, 5.41) is 7.72. The zero-order valence-electron chi connectivity index (χ0n) is 13.5. The Balaban J connectivity index is 2.04. The second-order valence-corrected chi connectivity index (χ2v) is 7.15. The Labute approximate surface area is 131 Å². The van der Waals surface area contributed by atoms with Gasteiger partial charge in [-0.3, -0.25) is 0 Å². The van der Waals surface area contributed by atoms with Crippen molar-refractivity contribution >= 4 is 17.3 Å². The first-order chi connectivity index (χ1) is 9.85. The Hall–Kier alpha value is -1.46. The molecule has 2 rings (SSSR count). The third-order valence-corrected chi connectivity index (χ3v) is 3.95. The lowest BCUT2D eigenvalue weighted by Crippen LogP contribution is -2.35. The van der Waals surface area contributed by atoms with Crippen molar-refractivity contribution in [1.29, 1.82) is 0 Å². The number of rotatable bonds is 5.